The molecule has 0 radical (unpaired) electrons. The Hall–Kier alpha value is -9.67. The van der Waals surface area contributed by atoms with Crippen molar-refractivity contribution >= 4 is 366 Å². The second-order valence-electron chi connectivity index (χ2n) is 27.1. The van der Waals surface area contributed by atoms with Gasteiger partial charge in [0.05, 0.1) is 114 Å². The number of halogens is 18. The SMILES string of the molecule is COC(=O)c1c(Cl)ccc(C)c1N.COC(=O)c1ccc(Br)c(C)c1N.Cc1c(Br)ccc(C(N)=O)c1N.Cc1c(Br)ccc2c(=O)oc(=O)[nH]c12.Cc1c(Br)ccc2c1NC(=O)C2=O.Cc1ccc(Cl)c(C(N)=O)c1N.Cc1ccc(Cl)c2c(=O)oc(=O)[nH]c12.Cc1ccc(Cl)c2c1NC(=O)C2=O.Cl.Cl.N.N.O.O.O.O.O.O.O=P(Cl)(Cl)Cl.O=P(Cl)(Cl)Cl.[C-]#[N+]c1c(Cl)ccc(C)c1N.[C-]#[N+]c1ccc(Br)c(C)c1N. The second-order valence-corrected chi connectivity index (χ2v) is 46.7. The lowest BCUT2D eigenvalue weighted by atomic mass is 10.1. The van der Waals surface area contributed by atoms with Gasteiger partial charge in [-0.25, -0.2) is 38.5 Å². The number of hydrogen-bond donors (Lipinski definition) is 14. The Morgan fingerprint density at radius 3 is 1.18 bits per heavy atom. The van der Waals surface area contributed by atoms with Crippen LogP contribution in [0.2, 0.25) is 25.1 Å². The molecule has 4 amide bonds. The van der Waals surface area contributed by atoms with Crippen LogP contribution >= 0.6 is 240 Å². The standard InChI is InChI=1S/C9H6BrNO3.C9H6BrNO2.C9H10BrNO2.C9H6ClNO3.C9H6ClNO2.C9H10ClNO2.C8H9BrN2O.C8H7BrN2.C8H9ClN2O.C8H7ClN2.2Cl3OP.2ClH.2H3N.6H2O/c1-4-6(10)3-2-5-7(4)11-9(13)14-8(5)12;1-4-6(10)3-2-5-7(4)11-9(13)8(5)12;1-5-7(10)4-3-6(8(5)11)9(12)13-2;1-4-2-3-5(10)6-7(4)11-9(13)14-8(6)12;1-4-2-3-5(10)6-7(4)11-9(13)8(6)12;1-5-3-4-6(10)7(8(5)11)9(12)13-2;1-4-6(9)3-2-5(7(4)10)8(11)12;1-5-6(9)3-4-7(11-2)8(5)10;1-4-2-3-5(9)6(7(4)10)8(11)12;1-5-3-4-6(9)8(11-2)7(5)10;2*1-5(2,3)4;;;;;;;;;;/h2-3H,1H3,(H,11,13);2-3H,1H3,(H,11,12,13);3-4H,11H2,1-2H3;2-3H,1H3,(H,11,13);2-3H,1H3,(H,11,12,13);3-4H,11H2,1-2H3;2-3H,10H2,1H3,(H2,11,12);3-4H,10H2,1H3;2-3H,10H2,1H3,(H2,11,12);3-4H,10H2,1H3;;;2*1H;2*1H3;6*1H2. The number of amides is 4. The van der Waals surface area contributed by atoms with Gasteiger partial charge in [0.1, 0.15) is 10.9 Å². The normalized spacial score (nSPS) is 10.2. The number of methoxy groups -OCH3 is 2. The van der Waals surface area contributed by atoms with E-state index in [1.54, 1.807) is 136 Å². The highest BCUT2D eigenvalue weighted by Crippen LogP contribution is 2.62. The number of aromatic amines is 2. The fourth-order valence-electron chi connectivity index (χ4n) is 10.7. The lowest BCUT2D eigenvalue weighted by molar-refractivity contribution is -0.112. The van der Waals surface area contributed by atoms with Gasteiger partial charge in [-0.05, 0) is 265 Å². The number of primary amides is 2. The predicted molar refractivity (Wildman–Crippen MR) is 610 cm³/mol. The van der Waals surface area contributed by atoms with Crippen molar-refractivity contribution in [1.29, 1.82) is 0 Å². The van der Waals surface area contributed by atoms with Crippen LogP contribution in [0.1, 0.15) is 118 Å². The Morgan fingerprint density at radius 2 is 0.740 bits per heavy atom. The van der Waals surface area contributed by atoms with E-state index >= 15 is 0 Å². The zero-order valence-corrected chi connectivity index (χ0v) is 97.2. The summed E-state index contributed by atoms with van der Waals surface area (Å²) in [5, 5.41) is 0.799. The van der Waals surface area contributed by atoms with Crippen molar-refractivity contribution < 1.29 is 98.7 Å². The zero-order valence-electron chi connectivity index (χ0n) is 77.6. The number of nitrogens with zero attached hydrogens (tertiary/aromatic N) is 2. The molecule has 14 rings (SSSR count). The van der Waals surface area contributed by atoms with Crippen LogP contribution in [0.4, 0.5) is 56.9 Å². The molecule has 0 atom stereocenters. The van der Waals surface area contributed by atoms with Crippen molar-refractivity contribution in [3.8, 4) is 0 Å². The fourth-order valence-corrected chi connectivity index (χ4v) is 13.6. The summed E-state index contributed by atoms with van der Waals surface area (Å²) in [5.41, 5.74) is 58.8. The largest absolute Gasteiger partial charge is 0.465 e. The van der Waals surface area contributed by atoms with E-state index in [0.717, 1.165) is 78.0 Å². The number of aryl methyl sites for hydroxylation is 6. The maximum Gasteiger partial charge on any atom is 0.419 e. The van der Waals surface area contributed by atoms with E-state index in [0.29, 0.717) is 116 Å². The monoisotopic (exact) mass is 2650 g/mol. The number of ketones is 2. The lowest BCUT2D eigenvalue weighted by Gasteiger charge is -2.07. The van der Waals surface area contributed by atoms with E-state index in [-0.39, 0.29) is 91.5 Å². The molecule has 0 spiro atoms. The first kappa shape index (κ1) is 152. The number of rotatable bonds is 4. The molecule has 38 N–H and O–H groups in total. The summed E-state index contributed by atoms with van der Waals surface area (Å²) in [6.07, 6.45) is 0. The Bertz CT molecular complexity index is 7140. The molecule has 40 nitrogen and oxygen atoms in total. The van der Waals surface area contributed by atoms with Gasteiger partial charge in [-0.15, -0.1) is 24.8 Å². The number of hydrogen-bond acceptors (Lipinski definition) is 26. The molecule has 2 aliphatic heterocycles. The minimum absolute atomic E-state index is 0. The highest BCUT2D eigenvalue weighted by atomic mass is 79.9. The summed E-state index contributed by atoms with van der Waals surface area (Å²) >= 11 is 73.1. The minimum Gasteiger partial charge on any atom is -0.465 e. The molecule has 12 aromatic rings. The van der Waals surface area contributed by atoms with E-state index in [4.69, 9.17) is 117 Å². The van der Waals surface area contributed by atoms with Gasteiger partial charge in [0.25, 0.3) is 35.2 Å². The van der Waals surface area contributed by atoms with Gasteiger partial charge in [0, 0.05) is 50.1 Å². The third kappa shape index (κ3) is 44.2. The van der Waals surface area contributed by atoms with Crippen molar-refractivity contribution in [3.05, 3.63) is 323 Å². The highest BCUT2D eigenvalue weighted by Gasteiger charge is 2.32. The number of nitrogen functional groups attached to an aromatic ring is 6. The first-order valence-corrected chi connectivity index (χ1v) is 51.8. The van der Waals surface area contributed by atoms with Crippen LogP contribution < -0.4 is 91.6 Å². The van der Waals surface area contributed by atoms with Crippen molar-refractivity contribution in [1.82, 2.24) is 22.3 Å². The summed E-state index contributed by atoms with van der Waals surface area (Å²) in [4.78, 5) is 144. The maximum absolute atomic E-state index is 11.3. The van der Waals surface area contributed by atoms with Gasteiger partial charge in [-0.2, -0.15) is 0 Å². The molecule has 0 aliphatic carbocycles. The van der Waals surface area contributed by atoms with Crippen molar-refractivity contribution in [2.45, 2.75) is 69.2 Å². The number of aromatic nitrogens is 2. The quantitative estimate of drug-likeness (QED) is 0.0256. The van der Waals surface area contributed by atoms with Crippen LogP contribution in [-0.4, -0.2) is 104 Å². The molecule has 146 heavy (non-hydrogen) atoms. The Balaban J connectivity index is -0.000000237. The van der Waals surface area contributed by atoms with E-state index in [9.17, 15) is 66.7 Å². The molecule has 4 heterocycles. The number of benzene rings is 10. The molecule has 0 saturated carbocycles. The summed E-state index contributed by atoms with van der Waals surface area (Å²) in [6, 6.07) is 34.0. The van der Waals surface area contributed by atoms with Crippen LogP contribution in [0, 0.1) is 82.4 Å². The third-order valence-corrected chi connectivity index (χ3v) is 24.1. The van der Waals surface area contributed by atoms with Gasteiger partial charge in [-0.1, -0.05) is 186 Å². The van der Waals surface area contributed by atoms with Crippen molar-refractivity contribution in [3.63, 3.8) is 0 Å². The molecule has 0 unspecified atom stereocenters. The molecule has 60 heteroatoms. The first-order chi connectivity index (χ1) is 63.0. The van der Waals surface area contributed by atoms with E-state index in [2.05, 4.69) is 196 Å². The van der Waals surface area contributed by atoms with Crippen LogP contribution in [0.5, 0.6) is 0 Å². The number of carbonyl (C=O) groups excluding carboxylic acids is 8. The Kier molecular flexibility index (Phi) is 71.5. The molecule has 2 aromatic heterocycles. The molecule has 800 valence electrons. The average molecular weight is 2660 g/mol. The average Bonchev–Trinajstić information content (AvgIpc) is 1.47. The smallest absolute Gasteiger partial charge is 0.419 e. The number of anilines is 8. The van der Waals surface area contributed by atoms with E-state index in [1.807, 2.05) is 54.5 Å². The van der Waals surface area contributed by atoms with Gasteiger partial charge in [0.2, 0.25) is 11.4 Å². The van der Waals surface area contributed by atoms with Crippen LogP contribution in [0.25, 0.3) is 31.5 Å². The molecule has 10 aromatic carbocycles. The van der Waals surface area contributed by atoms with Crippen LogP contribution in [0.3, 0.4) is 0 Å². The third-order valence-electron chi connectivity index (χ3n) is 18.2. The van der Waals surface area contributed by atoms with Gasteiger partial charge < -0.3 is 120 Å². The summed E-state index contributed by atoms with van der Waals surface area (Å²) in [5.74, 6) is -5.67. The number of Topliss-reactive ketones (excluding diaryl/α,β-unsaturated/α-hetero) is 2. The second kappa shape index (κ2) is 68.8. The van der Waals surface area contributed by atoms with Crippen molar-refractivity contribution in [2.24, 2.45) is 11.5 Å². The first-order valence-electron chi connectivity index (χ1n) is 37.1. The van der Waals surface area contributed by atoms with Gasteiger partial charge in [0.15, 0.2) is 0 Å². The summed E-state index contributed by atoms with van der Waals surface area (Å²) in [6.45, 7) is 31.8. The highest BCUT2D eigenvalue weighted by molar-refractivity contribution is 9.11. The van der Waals surface area contributed by atoms with Crippen LogP contribution in [0.15, 0.2) is 172 Å². The predicted octanol–water partition coefficient (Wildman–Crippen LogP) is 21.1. The summed E-state index contributed by atoms with van der Waals surface area (Å²) < 4.78 is 41.4. The van der Waals surface area contributed by atoms with Gasteiger partial charge in [-0.3, -0.25) is 47.9 Å². The summed E-state index contributed by atoms with van der Waals surface area (Å²) in [7, 11) is 2.62. The molecule has 0 saturated heterocycles. The topological polar surface area (TPSA) is 815 Å². The molecular weight excluding hydrogens is 2560 g/mol. The number of ether oxygens (including phenoxy) is 2. The number of carbonyl (C=O) groups is 8. The van der Waals surface area contributed by atoms with Gasteiger partial charge >= 0.3 is 45.1 Å². The number of nitrogens with one attached hydrogen (secondary N) is 4. The maximum atomic E-state index is 11.3. The lowest BCUT2D eigenvalue weighted by Crippen LogP contribution is -2.15. The number of esters is 2. The van der Waals surface area contributed by atoms with Crippen molar-refractivity contribution in [2.75, 3.05) is 59.3 Å². The van der Waals surface area contributed by atoms with E-state index in [1.165, 1.54) is 14.2 Å². The number of fused-ring (bicyclic) bond motifs is 4. The molecule has 0 fully saturated rings. The molecule has 2 aliphatic rings. The fraction of sp³-hybridized carbons (Fsp3) is 0.140. The number of H-pyrrole nitrogens is 2. The van der Waals surface area contributed by atoms with Crippen LogP contribution in [-0.2, 0) is 28.2 Å². The Morgan fingerprint density at radius 1 is 0.384 bits per heavy atom. The Labute approximate surface area is 940 Å². The number of nitrogens with two attached hydrogens (primary N) is 8. The minimum atomic E-state index is -3.22. The zero-order chi connectivity index (χ0) is 104. The van der Waals surface area contributed by atoms with E-state index < -0.39 is 80.3 Å². The molecular formula is C86H96Br5Cl13N16O24P2. The molecule has 0 bridgehead atoms.